The minimum atomic E-state index is -3.68. The van der Waals surface area contributed by atoms with Gasteiger partial charge in [-0.2, -0.15) is 0 Å². The zero-order chi connectivity index (χ0) is 21.7. The van der Waals surface area contributed by atoms with Gasteiger partial charge in [-0.05, 0) is 50.1 Å². The molecule has 0 fully saturated rings. The van der Waals surface area contributed by atoms with Gasteiger partial charge in [-0.15, -0.1) is 0 Å². The molecule has 0 spiro atoms. The lowest BCUT2D eigenvalue weighted by Gasteiger charge is -2.06. The Balaban J connectivity index is 1.56. The lowest BCUT2D eigenvalue weighted by atomic mass is 10.1. The van der Waals surface area contributed by atoms with E-state index in [0.29, 0.717) is 35.3 Å². The third kappa shape index (κ3) is 6.18. The number of aryl methyl sites for hydroxylation is 2. The van der Waals surface area contributed by atoms with Crippen LogP contribution >= 0.6 is 11.6 Å². The van der Waals surface area contributed by atoms with E-state index < -0.39 is 21.5 Å². The Morgan fingerprint density at radius 3 is 2.40 bits per heavy atom. The van der Waals surface area contributed by atoms with Crippen molar-refractivity contribution in [3.8, 4) is 11.5 Å². The van der Waals surface area contributed by atoms with Crippen molar-refractivity contribution in [2.24, 2.45) is 0 Å². The molecule has 0 bridgehead atoms. The molecule has 8 heteroatoms. The molecule has 0 saturated heterocycles. The summed E-state index contributed by atoms with van der Waals surface area (Å²) in [6, 6.07) is 14.9. The molecule has 0 saturated carbocycles. The van der Waals surface area contributed by atoms with Crippen LogP contribution in [0.25, 0.3) is 11.5 Å². The van der Waals surface area contributed by atoms with E-state index in [1.165, 1.54) is 0 Å². The zero-order valence-corrected chi connectivity index (χ0v) is 18.4. The highest BCUT2D eigenvalue weighted by molar-refractivity contribution is 7.91. The second-order valence-electron chi connectivity index (χ2n) is 7.15. The number of nitrogens with one attached hydrogen (secondary N) is 1. The number of hydrogen-bond acceptors (Lipinski definition) is 5. The summed E-state index contributed by atoms with van der Waals surface area (Å²) in [5, 5.41) is 3.28. The normalized spacial score (nSPS) is 11.4. The lowest BCUT2D eigenvalue weighted by Crippen LogP contribution is -2.32. The fraction of sp³-hybridized carbons (Fsp3) is 0.273. The van der Waals surface area contributed by atoms with Crippen LogP contribution in [0, 0.1) is 13.8 Å². The minimum absolute atomic E-state index is 0.319. The van der Waals surface area contributed by atoms with Crippen molar-refractivity contribution >= 4 is 27.3 Å². The molecule has 0 aliphatic rings. The molecule has 3 aromatic rings. The fourth-order valence-electron chi connectivity index (χ4n) is 2.89. The van der Waals surface area contributed by atoms with Crippen molar-refractivity contribution < 1.29 is 17.6 Å². The van der Waals surface area contributed by atoms with Gasteiger partial charge in [-0.3, -0.25) is 4.79 Å². The SMILES string of the molecule is Cc1ccc(-c2nc(CS(=O)(=O)CC(=O)NCCc3ccc(Cl)cc3)c(C)o2)cc1. The molecule has 1 amide bonds. The summed E-state index contributed by atoms with van der Waals surface area (Å²) in [5.41, 5.74) is 3.20. The van der Waals surface area contributed by atoms with E-state index in [1.54, 1.807) is 19.1 Å². The maximum atomic E-state index is 12.5. The quantitative estimate of drug-likeness (QED) is 0.567. The third-order valence-electron chi connectivity index (χ3n) is 4.55. The number of benzene rings is 2. The molecule has 0 radical (unpaired) electrons. The number of aromatic nitrogens is 1. The molecule has 30 heavy (non-hydrogen) atoms. The number of amides is 1. The van der Waals surface area contributed by atoms with Crippen LogP contribution in [0.3, 0.4) is 0 Å². The third-order valence-corrected chi connectivity index (χ3v) is 6.22. The van der Waals surface area contributed by atoms with E-state index in [2.05, 4.69) is 10.3 Å². The molecule has 0 unspecified atom stereocenters. The van der Waals surface area contributed by atoms with Crippen molar-refractivity contribution in [1.29, 1.82) is 0 Å². The molecule has 1 N–H and O–H groups in total. The number of rotatable bonds is 8. The van der Waals surface area contributed by atoms with Gasteiger partial charge >= 0.3 is 0 Å². The molecule has 0 aliphatic heterocycles. The average molecular weight is 447 g/mol. The van der Waals surface area contributed by atoms with Crippen LogP contribution in [0.1, 0.15) is 22.6 Å². The highest BCUT2D eigenvalue weighted by atomic mass is 35.5. The van der Waals surface area contributed by atoms with Gasteiger partial charge in [0.15, 0.2) is 9.84 Å². The summed E-state index contributed by atoms with van der Waals surface area (Å²) in [5.74, 6) is -0.690. The number of nitrogens with zero attached hydrogens (tertiary/aromatic N) is 1. The largest absolute Gasteiger partial charge is 0.441 e. The average Bonchev–Trinajstić information content (AvgIpc) is 3.03. The predicted octanol–water partition coefficient (Wildman–Crippen LogP) is 3.89. The zero-order valence-electron chi connectivity index (χ0n) is 16.8. The molecule has 2 aromatic carbocycles. The Morgan fingerprint density at radius 1 is 1.07 bits per heavy atom. The van der Waals surface area contributed by atoms with Crippen LogP contribution in [0.5, 0.6) is 0 Å². The van der Waals surface area contributed by atoms with Gasteiger partial charge < -0.3 is 9.73 Å². The highest BCUT2D eigenvalue weighted by Gasteiger charge is 2.22. The first kappa shape index (κ1) is 22.1. The van der Waals surface area contributed by atoms with E-state index >= 15 is 0 Å². The van der Waals surface area contributed by atoms with Gasteiger partial charge in [0.1, 0.15) is 11.5 Å². The Labute approximate surface area is 181 Å². The van der Waals surface area contributed by atoms with E-state index in [1.807, 2.05) is 43.3 Å². The van der Waals surface area contributed by atoms with Gasteiger partial charge in [0, 0.05) is 17.1 Å². The lowest BCUT2D eigenvalue weighted by molar-refractivity contribution is -0.118. The summed E-state index contributed by atoms with van der Waals surface area (Å²) in [4.78, 5) is 16.4. The van der Waals surface area contributed by atoms with Crippen molar-refractivity contribution in [2.75, 3.05) is 12.3 Å². The maximum Gasteiger partial charge on any atom is 0.235 e. The second-order valence-corrected chi connectivity index (χ2v) is 9.65. The number of carbonyl (C=O) groups excluding carboxylic acids is 1. The van der Waals surface area contributed by atoms with Crippen molar-refractivity contribution in [3.63, 3.8) is 0 Å². The summed E-state index contributed by atoms with van der Waals surface area (Å²) in [7, 11) is -3.68. The Bertz CT molecular complexity index is 1120. The molecule has 3 rings (SSSR count). The first-order valence-electron chi connectivity index (χ1n) is 9.47. The van der Waals surface area contributed by atoms with Gasteiger partial charge in [-0.25, -0.2) is 13.4 Å². The monoisotopic (exact) mass is 446 g/mol. The standard InChI is InChI=1S/C22H23ClN2O4S/c1-15-3-7-18(8-4-15)22-25-20(16(2)29-22)13-30(27,28)14-21(26)24-12-11-17-5-9-19(23)10-6-17/h3-10H,11-14H2,1-2H3,(H,24,26). The number of oxazole rings is 1. The summed E-state index contributed by atoms with van der Waals surface area (Å²) >= 11 is 5.84. The molecule has 1 heterocycles. The van der Waals surface area contributed by atoms with E-state index in [4.69, 9.17) is 16.0 Å². The van der Waals surface area contributed by atoms with Gasteiger partial charge in [0.2, 0.25) is 11.8 Å². The number of halogens is 1. The van der Waals surface area contributed by atoms with Gasteiger partial charge in [0.25, 0.3) is 0 Å². The summed E-state index contributed by atoms with van der Waals surface area (Å²) < 4.78 is 30.6. The van der Waals surface area contributed by atoms with Crippen molar-refractivity contribution in [2.45, 2.75) is 26.0 Å². The highest BCUT2D eigenvalue weighted by Crippen LogP contribution is 2.23. The topological polar surface area (TPSA) is 89.3 Å². The molecule has 0 aliphatic carbocycles. The molecular formula is C22H23ClN2O4S. The van der Waals surface area contributed by atoms with Crippen LogP contribution in [0.4, 0.5) is 0 Å². The first-order valence-corrected chi connectivity index (χ1v) is 11.7. The maximum absolute atomic E-state index is 12.5. The molecular weight excluding hydrogens is 424 g/mol. The van der Waals surface area contributed by atoms with Crippen LogP contribution in [0.15, 0.2) is 52.9 Å². The Kier molecular flexibility index (Phi) is 6.95. The van der Waals surface area contributed by atoms with Gasteiger partial charge in [-0.1, -0.05) is 41.4 Å². The van der Waals surface area contributed by atoms with Crippen LogP contribution < -0.4 is 5.32 Å². The van der Waals surface area contributed by atoms with Crippen molar-refractivity contribution in [3.05, 3.63) is 76.1 Å². The van der Waals surface area contributed by atoms with Crippen LogP contribution in [0.2, 0.25) is 5.02 Å². The summed E-state index contributed by atoms with van der Waals surface area (Å²) in [6.07, 6.45) is 0.589. The van der Waals surface area contributed by atoms with Crippen LogP contribution in [-0.2, 0) is 26.8 Å². The van der Waals surface area contributed by atoms with E-state index in [0.717, 1.165) is 16.7 Å². The number of sulfone groups is 1. The van der Waals surface area contributed by atoms with E-state index in [-0.39, 0.29) is 5.75 Å². The van der Waals surface area contributed by atoms with E-state index in [9.17, 15) is 13.2 Å². The molecule has 1 aromatic heterocycles. The van der Waals surface area contributed by atoms with Crippen molar-refractivity contribution in [1.82, 2.24) is 10.3 Å². The fourth-order valence-corrected chi connectivity index (χ4v) is 4.30. The molecule has 6 nitrogen and oxygen atoms in total. The van der Waals surface area contributed by atoms with Crippen LogP contribution in [-0.4, -0.2) is 31.6 Å². The summed E-state index contributed by atoms with van der Waals surface area (Å²) in [6.45, 7) is 3.99. The predicted molar refractivity (Wildman–Crippen MR) is 117 cm³/mol. The Hall–Kier alpha value is -2.64. The smallest absolute Gasteiger partial charge is 0.235 e. The number of carbonyl (C=O) groups is 1. The molecule has 0 atom stereocenters. The first-order chi connectivity index (χ1) is 14.2. The Morgan fingerprint density at radius 2 is 1.73 bits per heavy atom. The number of hydrogen-bond donors (Lipinski definition) is 1. The van der Waals surface area contributed by atoms with Gasteiger partial charge in [0.05, 0.1) is 11.4 Å². The second kappa shape index (κ2) is 9.45. The minimum Gasteiger partial charge on any atom is -0.441 e. The molecule has 158 valence electrons.